The molecule has 0 aromatic heterocycles. The third kappa shape index (κ3) is 7.39. The Kier molecular flexibility index (Phi) is 9.10. The zero-order valence-electron chi connectivity index (χ0n) is 11.5. The first kappa shape index (κ1) is 17.6. The van der Waals surface area contributed by atoms with E-state index in [-0.39, 0.29) is 5.91 Å². The lowest BCUT2D eigenvalue weighted by molar-refractivity contribution is -0.118. The number of hydrogen-bond acceptors (Lipinski definition) is 3. The van der Waals surface area contributed by atoms with Crippen molar-refractivity contribution in [1.82, 2.24) is 5.32 Å². The number of carbonyl (C=O) groups excluding carboxylic acids is 1. The number of carbonyl (C=O) groups is 1. The van der Waals surface area contributed by atoms with Gasteiger partial charge in [-0.05, 0) is 31.0 Å². The first-order chi connectivity index (χ1) is 9.63. The zero-order valence-corrected chi connectivity index (χ0v) is 13.8. The SMILES string of the molecule is CCOCCCNC(=O)CSCc1ccc(Cl)c(Cl)c1. The molecule has 3 nitrogen and oxygen atoms in total. The summed E-state index contributed by atoms with van der Waals surface area (Å²) in [6.45, 7) is 4.02. The van der Waals surface area contributed by atoms with Gasteiger partial charge in [-0.2, -0.15) is 0 Å². The number of thioether (sulfide) groups is 1. The first-order valence-corrected chi connectivity index (χ1v) is 8.40. The number of rotatable bonds is 9. The molecule has 0 saturated heterocycles. The number of benzene rings is 1. The van der Waals surface area contributed by atoms with Crippen molar-refractivity contribution < 1.29 is 9.53 Å². The lowest BCUT2D eigenvalue weighted by Crippen LogP contribution is -2.26. The van der Waals surface area contributed by atoms with E-state index in [2.05, 4.69) is 5.32 Å². The molecule has 1 aromatic carbocycles. The number of ether oxygens (including phenoxy) is 1. The van der Waals surface area contributed by atoms with Crippen LogP contribution >= 0.6 is 35.0 Å². The van der Waals surface area contributed by atoms with Crippen LogP contribution in [-0.2, 0) is 15.3 Å². The van der Waals surface area contributed by atoms with Crippen LogP contribution in [0.4, 0.5) is 0 Å². The topological polar surface area (TPSA) is 38.3 Å². The maximum absolute atomic E-state index is 11.6. The molecule has 0 aliphatic carbocycles. The van der Waals surface area contributed by atoms with E-state index < -0.39 is 0 Å². The van der Waals surface area contributed by atoms with E-state index in [9.17, 15) is 4.79 Å². The van der Waals surface area contributed by atoms with Gasteiger partial charge in [-0.15, -0.1) is 11.8 Å². The molecule has 0 atom stereocenters. The van der Waals surface area contributed by atoms with Crippen LogP contribution in [0.5, 0.6) is 0 Å². The highest BCUT2D eigenvalue weighted by Crippen LogP contribution is 2.24. The van der Waals surface area contributed by atoms with Crippen LogP contribution in [0.1, 0.15) is 18.9 Å². The summed E-state index contributed by atoms with van der Waals surface area (Å²) in [6.07, 6.45) is 0.844. The van der Waals surface area contributed by atoms with Crippen molar-refractivity contribution in [2.24, 2.45) is 0 Å². The summed E-state index contributed by atoms with van der Waals surface area (Å²) >= 11 is 13.3. The summed E-state index contributed by atoms with van der Waals surface area (Å²) in [5.41, 5.74) is 1.06. The maximum Gasteiger partial charge on any atom is 0.230 e. The first-order valence-electron chi connectivity index (χ1n) is 6.49. The van der Waals surface area contributed by atoms with E-state index in [4.69, 9.17) is 27.9 Å². The van der Waals surface area contributed by atoms with Gasteiger partial charge in [0.25, 0.3) is 0 Å². The van der Waals surface area contributed by atoms with Crippen molar-refractivity contribution in [2.45, 2.75) is 19.1 Å². The van der Waals surface area contributed by atoms with Crippen LogP contribution in [0.3, 0.4) is 0 Å². The smallest absolute Gasteiger partial charge is 0.230 e. The number of nitrogens with one attached hydrogen (secondary N) is 1. The Morgan fingerprint density at radius 3 is 2.85 bits per heavy atom. The Bertz CT molecular complexity index is 430. The van der Waals surface area contributed by atoms with E-state index >= 15 is 0 Å². The maximum atomic E-state index is 11.6. The predicted octanol–water partition coefficient (Wildman–Crippen LogP) is 3.77. The lowest BCUT2D eigenvalue weighted by Gasteiger charge is -2.06. The second-order valence-corrected chi connectivity index (χ2v) is 5.94. The van der Waals surface area contributed by atoms with Crippen molar-refractivity contribution in [3.8, 4) is 0 Å². The van der Waals surface area contributed by atoms with Gasteiger partial charge in [-0.25, -0.2) is 0 Å². The fourth-order valence-corrected chi connectivity index (χ4v) is 2.61. The number of amides is 1. The van der Waals surface area contributed by atoms with Gasteiger partial charge >= 0.3 is 0 Å². The van der Waals surface area contributed by atoms with Crippen LogP contribution < -0.4 is 5.32 Å². The predicted molar refractivity (Wildman–Crippen MR) is 86.7 cm³/mol. The molecule has 0 bridgehead atoms. The monoisotopic (exact) mass is 335 g/mol. The Hall–Kier alpha value is -0.420. The Morgan fingerprint density at radius 1 is 1.35 bits per heavy atom. The summed E-state index contributed by atoms with van der Waals surface area (Å²) in [5.74, 6) is 1.23. The minimum atomic E-state index is 0.0477. The minimum Gasteiger partial charge on any atom is -0.382 e. The Labute approximate surface area is 134 Å². The summed E-state index contributed by atoms with van der Waals surface area (Å²) in [5, 5.41) is 3.96. The highest BCUT2D eigenvalue weighted by atomic mass is 35.5. The molecular formula is C14H19Cl2NO2S. The second kappa shape index (κ2) is 10.3. The van der Waals surface area contributed by atoms with Gasteiger partial charge in [-0.1, -0.05) is 29.3 Å². The van der Waals surface area contributed by atoms with Crippen molar-refractivity contribution in [1.29, 1.82) is 0 Å². The van der Waals surface area contributed by atoms with Crippen molar-refractivity contribution in [2.75, 3.05) is 25.5 Å². The molecule has 1 rings (SSSR count). The highest BCUT2D eigenvalue weighted by molar-refractivity contribution is 7.99. The molecule has 6 heteroatoms. The number of halogens is 2. The summed E-state index contributed by atoms with van der Waals surface area (Å²) in [7, 11) is 0. The standard InChI is InChI=1S/C14H19Cl2NO2S/c1-2-19-7-3-6-17-14(18)10-20-9-11-4-5-12(15)13(16)8-11/h4-5,8H,2-3,6-7,9-10H2,1H3,(H,17,18). The van der Waals surface area contributed by atoms with Crippen molar-refractivity contribution in [3.63, 3.8) is 0 Å². The molecule has 0 aliphatic rings. The Balaban J connectivity index is 2.13. The third-order valence-electron chi connectivity index (χ3n) is 2.48. The molecule has 1 amide bonds. The van der Waals surface area contributed by atoms with E-state index in [1.165, 1.54) is 0 Å². The van der Waals surface area contributed by atoms with Gasteiger partial charge in [0.05, 0.1) is 15.8 Å². The van der Waals surface area contributed by atoms with Gasteiger partial charge in [0.15, 0.2) is 0 Å². The highest BCUT2D eigenvalue weighted by Gasteiger charge is 2.03. The molecule has 20 heavy (non-hydrogen) atoms. The second-order valence-electron chi connectivity index (χ2n) is 4.14. The van der Waals surface area contributed by atoms with Gasteiger partial charge < -0.3 is 10.1 Å². The quantitative estimate of drug-likeness (QED) is 0.698. The van der Waals surface area contributed by atoms with Crippen LogP contribution in [0.15, 0.2) is 18.2 Å². The average molecular weight is 336 g/mol. The number of hydrogen-bond donors (Lipinski definition) is 1. The molecule has 0 fully saturated rings. The van der Waals surface area contributed by atoms with Crippen LogP contribution in [0.25, 0.3) is 0 Å². The summed E-state index contributed by atoms with van der Waals surface area (Å²) in [6, 6.07) is 5.52. The largest absolute Gasteiger partial charge is 0.382 e. The molecule has 0 spiro atoms. The van der Waals surface area contributed by atoms with Crippen molar-refractivity contribution >= 4 is 40.9 Å². The fourth-order valence-electron chi connectivity index (χ4n) is 1.49. The van der Waals surface area contributed by atoms with E-state index in [0.29, 0.717) is 35.6 Å². The normalized spacial score (nSPS) is 10.6. The fraction of sp³-hybridized carbons (Fsp3) is 0.500. The van der Waals surface area contributed by atoms with Crippen LogP contribution in [0, 0.1) is 0 Å². The Morgan fingerprint density at radius 2 is 2.15 bits per heavy atom. The lowest BCUT2D eigenvalue weighted by atomic mass is 10.2. The van der Waals surface area contributed by atoms with Crippen molar-refractivity contribution in [3.05, 3.63) is 33.8 Å². The average Bonchev–Trinajstić information content (AvgIpc) is 2.42. The van der Waals surface area contributed by atoms with Gasteiger partial charge in [0, 0.05) is 25.5 Å². The van der Waals surface area contributed by atoms with Gasteiger partial charge in [0.1, 0.15) is 0 Å². The molecule has 1 N–H and O–H groups in total. The van der Waals surface area contributed by atoms with Crippen LogP contribution in [-0.4, -0.2) is 31.4 Å². The van der Waals surface area contributed by atoms with Gasteiger partial charge in [-0.3, -0.25) is 4.79 Å². The van der Waals surface area contributed by atoms with E-state index in [1.807, 2.05) is 19.1 Å². The zero-order chi connectivity index (χ0) is 14.8. The molecule has 0 saturated carbocycles. The van der Waals surface area contributed by atoms with Crippen LogP contribution in [0.2, 0.25) is 10.0 Å². The molecule has 112 valence electrons. The van der Waals surface area contributed by atoms with E-state index in [1.54, 1.807) is 17.8 Å². The minimum absolute atomic E-state index is 0.0477. The molecule has 0 radical (unpaired) electrons. The molecule has 0 aliphatic heterocycles. The third-order valence-corrected chi connectivity index (χ3v) is 4.22. The molecule has 1 aromatic rings. The molecular weight excluding hydrogens is 317 g/mol. The van der Waals surface area contributed by atoms with E-state index in [0.717, 1.165) is 17.7 Å². The van der Waals surface area contributed by atoms with Gasteiger partial charge in [0.2, 0.25) is 5.91 Å². The summed E-state index contributed by atoms with van der Waals surface area (Å²) in [4.78, 5) is 11.6. The summed E-state index contributed by atoms with van der Waals surface area (Å²) < 4.78 is 5.20. The molecule has 0 unspecified atom stereocenters. The molecule has 0 heterocycles.